The van der Waals surface area contributed by atoms with E-state index in [1.54, 1.807) is 7.11 Å². The van der Waals surface area contributed by atoms with Gasteiger partial charge in [-0.25, -0.2) is 0 Å². The van der Waals surface area contributed by atoms with Gasteiger partial charge in [0.15, 0.2) is 0 Å². The van der Waals surface area contributed by atoms with E-state index < -0.39 is 0 Å². The van der Waals surface area contributed by atoms with Gasteiger partial charge in [0.1, 0.15) is 0 Å². The summed E-state index contributed by atoms with van der Waals surface area (Å²) in [5, 5.41) is 3.43. The Balaban J connectivity index is 2.33. The number of nitrogens with one attached hydrogen (secondary N) is 1. The molecule has 0 radical (unpaired) electrons. The molecule has 1 aliphatic rings. The smallest absolute Gasteiger partial charge is 0.0749 e. The van der Waals surface area contributed by atoms with Crippen LogP contribution in [0.1, 0.15) is 26.7 Å². The third-order valence-electron chi connectivity index (χ3n) is 2.81. The van der Waals surface area contributed by atoms with Crippen LogP contribution in [0.4, 0.5) is 0 Å². The van der Waals surface area contributed by atoms with E-state index in [-0.39, 0.29) is 5.60 Å². The van der Waals surface area contributed by atoms with Crippen LogP contribution >= 0.6 is 0 Å². The molecule has 0 aromatic heterocycles. The van der Waals surface area contributed by atoms with Gasteiger partial charge < -0.3 is 15.0 Å². The lowest BCUT2D eigenvalue weighted by Gasteiger charge is -2.32. The number of nitrogens with zero attached hydrogens (tertiary/aromatic N) is 1. The van der Waals surface area contributed by atoms with E-state index in [2.05, 4.69) is 24.1 Å². The topological polar surface area (TPSA) is 24.5 Å². The van der Waals surface area contributed by atoms with Crippen LogP contribution in [0.25, 0.3) is 0 Å². The summed E-state index contributed by atoms with van der Waals surface area (Å²) >= 11 is 0. The molecule has 1 N–H and O–H groups in total. The van der Waals surface area contributed by atoms with E-state index in [9.17, 15) is 0 Å². The monoisotopic (exact) mass is 200 g/mol. The van der Waals surface area contributed by atoms with Gasteiger partial charge in [-0.05, 0) is 52.9 Å². The van der Waals surface area contributed by atoms with Gasteiger partial charge in [0.25, 0.3) is 0 Å². The first-order valence-corrected chi connectivity index (χ1v) is 5.62. The van der Waals surface area contributed by atoms with E-state index >= 15 is 0 Å². The highest BCUT2D eigenvalue weighted by Crippen LogP contribution is 2.11. The van der Waals surface area contributed by atoms with Crippen LogP contribution in [0.2, 0.25) is 0 Å². The zero-order valence-corrected chi connectivity index (χ0v) is 9.81. The summed E-state index contributed by atoms with van der Waals surface area (Å²) in [6.07, 6.45) is 2.50. The Labute approximate surface area is 87.8 Å². The molecule has 14 heavy (non-hydrogen) atoms. The van der Waals surface area contributed by atoms with Crippen molar-refractivity contribution in [2.45, 2.75) is 32.3 Å². The molecule has 0 spiro atoms. The molecule has 0 aliphatic carbocycles. The van der Waals surface area contributed by atoms with Gasteiger partial charge in [-0.2, -0.15) is 0 Å². The lowest BCUT2D eigenvalue weighted by atomic mass is 10.1. The first-order chi connectivity index (χ1) is 6.64. The Morgan fingerprint density at radius 1 is 1.21 bits per heavy atom. The predicted octanol–water partition coefficient (Wildman–Crippen LogP) is 1.10. The highest BCUT2D eigenvalue weighted by Gasteiger charge is 2.20. The molecule has 1 aliphatic heterocycles. The summed E-state index contributed by atoms with van der Waals surface area (Å²) in [7, 11) is 1.80. The molecule has 1 heterocycles. The first kappa shape index (κ1) is 12.0. The number of rotatable bonds is 3. The minimum absolute atomic E-state index is 0.00732. The Morgan fingerprint density at radius 2 is 1.79 bits per heavy atom. The minimum Gasteiger partial charge on any atom is -0.377 e. The summed E-state index contributed by atoms with van der Waals surface area (Å²) in [5.74, 6) is 0. The van der Waals surface area contributed by atoms with Crippen LogP contribution in [-0.2, 0) is 4.74 Å². The minimum atomic E-state index is -0.00732. The van der Waals surface area contributed by atoms with Crippen molar-refractivity contribution in [2.24, 2.45) is 0 Å². The molecule has 84 valence electrons. The maximum atomic E-state index is 5.46. The quantitative estimate of drug-likeness (QED) is 0.738. The maximum Gasteiger partial charge on any atom is 0.0749 e. The molecule has 0 amide bonds. The van der Waals surface area contributed by atoms with Crippen LogP contribution in [0.5, 0.6) is 0 Å². The Bertz CT molecular complexity index is 151. The van der Waals surface area contributed by atoms with Crippen molar-refractivity contribution in [2.75, 3.05) is 39.8 Å². The van der Waals surface area contributed by atoms with E-state index in [1.165, 1.54) is 25.9 Å². The van der Waals surface area contributed by atoms with E-state index in [0.717, 1.165) is 19.6 Å². The molecule has 1 rings (SSSR count). The van der Waals surface area contributed by atoms with Gasteiger partial charge in [0.2, 0.25) is 0 Å². The molecular weight excluding hydrogens is 176 g/mol. The van der Waals surface area contributed by atoms with E-state index in [1.807, 2.05) is 0 Å². The molecule has 0 aromatic carbocycles. The number of hydrogen-bond donors (Lipinski definition) is 1. The molecule has 1 saturated heterocycles. The summed E-state index contributed by atoms with van der Waals surface area (Å²) in [6, 6.07) is 0. The number of ether oxygens (including phenoxy) is 1. The maximum absolute atomic E-state index is 5.46. The largest absolute Gasteiger partial charge is 0.377 e. The fraction of sp³-hybridized carbons (Fsp3) is 1.00. The van der Waals surface area contributed by atoms with Crippen molar-refractivity contribution in [1.82, 2.24) is 10.2 Å². The fourth-order valence-electron chi connectivity index (χ4n) is 1.85. The zero-order chi connectivity index (χ0) is 10.4. The van der Waals surface area contributed by atoms with Gasteiger partial charge in [0, 0.05) is 13.7 Å². The Kier molecular flexibility index (Phi) is 4.85. The SMILES string of the molecule is COC(C)(C)CN1CCCNCCC1. The average Bonchev–Trinajstić information content (AvgIpc) is 2.10. The van der Waals surface area contributed by atoms with Crippen LogP contribution in [0.15, 0.2) is 0 Å². The molecule has 0 atom stereocenters. The van der Waals surface area contributed by atoms with Gasteiger partial charge >= 0.3 is 0 Å². The third-order valence-corrected chi connectivity index (χ3v) is 2.81. The van der Waals surface area contributed by atoms with Crippen LogP contribution in [-0.4, -0.2) is 50.3 Å². The van der Waals surface area contributed by atoms with Crippen molar-refractivity contribution >= 4 is 0 Å². The van der Waals surface area contributed by atoms with Crippen LogP contribution < -0.4 is 5.32 Å². The lowest BCUT2D eigenvalue weighted by Crippen LogP contribution is -2.43. The van der Waals surface area contributed by atoms with Gasteiger partial charge in [-0.1, -0.05) is 0 Å². The average molecular weight is 200 g/mol. The highest BCUT2D eigenvalue weighted by molar-refractivity contribution is 4.75. The third kappa shape index (κ3) is 4.40. The standard InChI is InChI=1S/C11H24N2O/c1-11(2,14-3)10-13-8-4-6-12-7-5-9-13/h12H,4-10H2,1-3H3. The second kappa shape index (κ2) is 5.69. The van der Waals surface area contributed by atoms with Crippen molar-refractivity contribution in [1.29, 1.82) is 0 Å². The zero-order valence-electron chi connectivity index (χ0n) is 9.81. The molecule has 1 fully saturated rings. The second-order valence-electron chi connectivity index (χ2n) is 4.70. The lowest BCUT2D eigenvalue weighted by molar-refractivity contribution is -0.00862. The normalized spacial score (nSPS) is 21.6. The van der Waals surface area contributed by atoms with Crippen molar-refractivity contribution in [3.8, 4) is 0 Å². The second-order valence-corrected chi connectivity index (χ2v) is 4.70. The fourth-order valence-corrected chi connectivity index (χ4v) is 1.85. The summed E-state index contributed by atoms with van der Waals surface area (Å²) < 4.78 is 5.46. The highest BCUT2D eigenvalue weighted by atomic mass is 16.5. The Hall–Kier alpha value is -0.120. The molecule has 0 saturated carbocycles. The van der Waals surface area contributed by atoms with Gasteiger partial charge in [-0.15, -0.1) is 0 Å². The predicted molar refractivity (Wildman–Crippen MR) is 59.6 cm³/mol. The summed E-state index contributed by atoms with van der Waals surface area (Å²) in [5.41, 5.74) is -0.00732. The molecule has 0 aromatic rings. The molecule has 3 heteroatoms. The molecule has 3 nitrogen and oxygen atoms in total. The van der Waals surface area contributed by atoms with E-state index in [0.29, 0.717) is 0 Å². The van der Waals surface area contributed by atoms with Gasteiger partial charge in [0.05, 0.1) is 5.60 Å². The Morgan fingerprint density at radius 3 is 2.29 bits per heavy atom. The number of methoxy groups -OCH3 is 1. The summed E-state index contributed by atoms with van der Waals surface area (Å²) in [6.45, 7) is 10.1. The van der Waals surface area contributed by atoms with Gasteiger partial charge in [-0.3, -0.25) is 0 Å². The molecule has 0 bridgehead atoms. The molecular formula is C11H24N2O. The molecule has 0 unspecified atom stereocenters. The summed E-state index contributed by atoms with van der Waals surface area (Å²) in [4.78, 5) is 2.52. The van der Waals surface area contributed by atoms with Crippen molar-refractivity contribution in [3.05, 3.63) is 0 Å². The van der Waals surface area contributed by atoms with Crippen LogP contribution in [0, 0.1) is 0 Å². The van der Waals surface area contributed by atoms with Crippen LogP contribution in [0.3, 0.4) is 0 Å². The van der Waals surface area contributed by atoms with Crippen molar-refractivity contribution < 1.29 is 4.74 Å². The number of hydrogen-bond acceptors (Lipinski definition) is 3. The van der Waals surface area contributed by atoms with E-state index in [4.69, 9.17) is 4.74 Å². The first-order valence-electron chi connectivity index (χ1n) is 5.62. The van der Waals surface area contributed by atoms with Crippen molar-refractivity contribution in [3.63, 3.8) is 0 Å².